The lowest BCUT2D eigenvalue weighted by atomic mass is 9.97. The average molecular weight is 1450 g/mol. The van der Waals surface area contributed by atoms with Crippen molar-refractivity contribution in [1.82, 2.24) is 0 Å². The van der Waals surface area contributed by atoms with Crippen molar-refractivity contribution in [2.24, 2.45) is 0 Å². The molecule has 0 aliphatic heterocycles. The molecule has 0 radical (unpaired) electrons. The van der Waals surface area contributed by atoms with Gasteiger partial charge in [-0.05, 0) is 230 Å². The van der Waals surface area contributed by atoms with Crippen molar-refractivity contribution in [3.05, 3.63) is 313 Å². The summed E-state index contributed by atoms with van der Waals surface area (Å²) in [5, 5.41) is 0. The molecule has 0 fully saturated rings. The maximum absolute atomic E-state index is 11.8. The van der Waals surface area contributed by atoms with Gasteiger partial charge in [-0.3, -0.25) is 0 Å². The van der Waals surface area contributed by atoms with Crippen molar-refractivity contribution in [2.45, 2.75) is 117 Å². The number of benzene rings is 8. The Bertz CT molecular complexity index is 4920. The average Bonchev–Trinajstić information content (AvgIpc) is 1.71. The Hall–Kier alpha value is -12.6. The van der Waals surface area contributed by atoms with Crippen molar-refractivity contribution in [2.75, 3.05) is 13.2 Å². The summed E-state index contributed by atoms with van der Waals surface area (Å²) < 4.78 is 42.7. The van der Waals surface area contributed by atoms with Crippen LogP contribution in [0.4, 0.5) is 0 Å². The van der Waals surface area contributed by atoms with Gasteiger partial charge in [0.2, 0.25) is 0 Å². The van der Waals surface area contributed by atoms with E-state index in [4.69, 9.17) is 37.9 Å². The summed E-state index contributed by atoms with van der Waals surface area (Å²) >= 11 is 0. The molecule has 8 aromatic rings. The fraction of sp³-hybridized carbons (Fsp3) is 0.217. The van der Waals surface area contributed by atoms with Gasteiger partial charge in [0.15, 0.2) is 0 Å². The van der Waals surface area contributed by atoms with Crippen LogP contribution in [0.3, 0.4) is 0 Å². The topological polar surface area (TPSA) is 210 Å². The monoisotopic (exact) mass is 1450 g/mol. The molecule has 0 aromatic heterocycles. The molecule has 12 rings (SSSR count). The Labute approximate surface area is 631 Å². The first-order chi connectivity index (χ1) is 51.6. The Morgan fingerprint density at radius 1 is 0.315 bits per heavy atom. The van der Waals surface area contributed by atoms with Gasteiger partial charge in [-0.1, -0.05) is 174 Å². The van der Waals surface area contributed by atoms with Crippen molar-refractivity contribution >= 4 is 47.8 Å². The maximum atomic E-state index is 11.8. The molecule has 552 valence electrons. The lowest BCUT2D eigenvalue weighted by Gasteiger charge is -2.14. The highest BCUT2D eigenvalue weighted by atomic mass is 16.6. The molecular weight excluding hydrogens is 1360 g/mol. The zero-order chi connectivity index (χ0) is 77.9. The Morgan fingerprint density at radius 2 is 0.593 bits per heavy atom. The highest BCUT2D eigenvalue weighted by molar-refractivity contribution is 5.92. The minimum Gasteiger partial charge on any atom is -0.462 e. The molecular formula is C92H88O16. The summed E-state index contributed by atoms with van der Waals surface area (Å²) in [5.41, 5.74) is 19.6. The van der Waals surface area contributed by atoms with Crippen molar-refractivity contribution < 1.29 is 76.3 Å². The van der Waals surface area contributed by atoms with Crippen molar-refractivity contribution in [3.8, 4) is 67.5 Å². The van der Waals surface area contributed by atoms with E-state index in [1.54, 1.807) is 65.8 Å². The molecule has 0 saturated heterocycles. The largest absolute Gasteiger partial charge is 0.462 e. The van der Waals surface area contributed by atoms with Gasteiger partial charge in [0.05, 0.1) is 13.2 Å². The third-order valence-electron chi connectivity index (χ3n) is 18.3. The van der Waals surface area contributed by atoms with Crippen LogP contribution >= 0.6 is 0 Å². The smallest absolute Gasteiger partial charge is 0.338 e. The third-order valence-corrected chi connectivity index (χ3v) is 18.3. The normalized spacial score (nSPS) is 14.9. The number of carbonyl (C=O) groups excluding carboxylic acids is 8. The molecule has 16 nitrogen and oxygen atoms in total. The summed E-state index contributed by atoms with van der Waals surface area (Å²) in [5.74, 6) is -0.845. The first-order valence-electron chi connectivity index (χ1n) is 35.4. The second-order valence-electron chi connectivity index (χ2n) is 27.0. The Kier molecular flexibility index (Phi) is 27.2. The number of hydrogen-bond acceptors (Lipinski definition) is 16. The van der Waals surface area contributed by atoms with E-state index in [0.29, 0.717) is 69.7 Å². The number of rotatable bonds is 22. The fourth-order valence-corrected chi connectivity index (χ4v) is 12.6. The second-order valence-corrected chi connectivity index (χ2v) is 27.0. The molecule has 0 bridgehead atoms. The van der Waals surface area contributed by atoms with E-state index in [2.05, 4.69) is 95.1 Å². The highest BCUT2D eigenvalue weighted by Crippen LogP contribution is 2.42. The fourth-order valence-electron chi connectivity index (χ4n) is 12.6. The molecule has 4 aliphatic carbocycles. The zero-order valence-corrected chi connectivity index (χ0v) is 61.9. The van der Waals surface area contributed by atoms with E-state index >= 15 is 0 Å². The van der Waals surface area contributed by atoms with Gasteiger partial charge < -0.3 is 37.9 Å². The standard InChI is InChI=1S/C24H24O4.2C23H22O4.C22H20O4/c1-15(2)23(25)27-14-20-9-8-19-12-18(10-11-22(19)20)17-6-5-7-21(13-17)28-24(26)16(3)4;1-14(2)22(24)26-19-7-5-6-16(13-19)17-8-10-20-18(12-17)9-11-21(20)27-23(25)15(3)4;1-4-22(24)26-14-19-9-8-18-12-17(10-11-21(18)19)16-6-5-7-20(13-16)27-23(25)15(2)3;1-4-21(23)26-20-11-9-17-12-16(8-10-19(17)20)15-6-5-7-18(13-15)25-22(24)14(2)3/h5-7,10-13,20H,1,3,8-9,14H2,2,4H3;5-8,10,12-13,21H,1,3,9,11H2,2,4H3;4-7,10-13,19H,1-2,8-9,14H2,3H3;4-8,10,12-13,20H,1-2,9,11H2,3H3. The molecule has 0 heterocycles. The first kappa shape index (κ1) is 79.6. The number of ether oxygens (including phenoxy) is 8. The van der Waals surface area contributed by atoms with E-state index in [-0.39, 0.29) is 42.0 Å². The summed E-state index contributed by atoms with van der Waals surface area (Å²) in [6.07, 6.45) is 8.99. The number of esters is 8. The molecule has 16 heteroatoms. The van der Waals surface area contributed by atoms with E-state index in [1.165, 1.54) is 34.4 Å². The predicted molar refractivity (Wildman–Crippen MR) is 418 cm³/mol. The van der Waals surface area contributed by atoms with Gasteiger partial charge in [-0.25, -0.2) is 38.4 Å². The highest BCUT2D eigenvalue weighted by Gasteiger charge is 2.30. The van der Waals surface area contributed by atoms with E-state index in [0.717, 1.165) is 118 Å². The summed E-state index contributed by atoms with van der Waals surface area (Å²) in [6, 6.07) is 54.4. The SMILES string of the molecule is C=C(C)C(=O)OCC1CCc2cc(-c3cccc(OC(=O)C(=C)C)c3)ccc21.C=C(C)C(=O)Oc1cccc(-c2ccc3c(c2)CCC3OC(=O)C(=C)C)c1.C=CC(=O)OC1CCc2cc(-c3cccc(OC(=O)C(=C)C)c3)ccc21.C=CC(=O)OCC1CCc2cc(-c3cccc(OC(=O)C(=C)C)c3)ccc21. The number of aryl methyl sites for hydroxylation is 4. The van der Waals surface area contributed by atoms with E-state index < -0.39 is 29.8 Å². The number of fused-ring (bicyclic) bond motifs is 4. The van der Waals surface area contributed by atoms with Crippen LogP contribution in [0.2, 0.25) is 0 Å². The van der Waals surface area contributed by atoms with Gasteiger partial charge in [-0.2, -0.15) is 0 Å². The molecule has 4 unspecified atom stereocenters. The predicted octanol–water partition coefficient (Wildman–Crippen LogP) is 19.1. The van der Waals surface area contributed by atoms with Crippen LogP contribution in [0, 0.1) is 0 Å². The number of hydrogen-bond donors (Lipinski definition) is 0. The van der Waals surface area contributed by atoms with Crippen LogP contribution in [0.15, 0.2) is 268 Å². The lowest BCUT2D eigenvalue weighted by Crippen LogP contribution is -2.11. The van der Waals surface area contributed by atoms with Crippen molar-refractivity contribution in [3.63, 3.8) is 0 Å². The zero-order valence-electron chi connectivity index (χ0n) is 61.9. The van der Waals surface area contributed by atoms with Crippen LogP contribution in [0.5, 0.6) is 23.0 Å². The summed E-state index contributed by atoms with van der Waals surface area (Å²) in [6.45, 7) is 39.0. The maximum Gasteiger partial charge on any atom is 0.338 e. The van der Waals surface area contributed by atoms with Crippen LogP contribution in [-0.4, -0.2) is 61.0 Å². The summed E-state index contributed by atoms with van der Waals surface area (Å²) in [7, 11) is 0. The molecule has 4 aliphatic rings. The Balaban J connectivity index is 0.000000166. The third kappa shape index (κ3) is 21.3. The number of carbonyl (C=O) groups is 8. The second kappa shape index (κ2) is 36.9. The molecule has 0 saturated carbocycles. The minimum atomic E-state index is -0.442. The molecule has 0 N–H and O–H groups in total. The van der Waals surface area contributed by atoms with Crippen LogP contribution in [0.25, 0.3) is 44.5 Å². The lowest BCUT2D eigenvalue weighted by molar-refractivity contribution is -0.145. The van der Waals surface area contributed by atoms with Gasteiger partial charge in [-0.15, -0.1) is 0 Å². The Morgan fingerprint density at radius 3 is 0.907 bits per heavy atom. The molecule has 0 amide bonds. The first-order valence-corrected chi connectivity index (χ1v) is 35.4. The van der Waals surface area contributed by atoms with E-state index in [1.807, 2.05) is 103 Å². The van der Waals surface area contributed by atoms with Crippen LogP contribution < -0.4 is 18.9 Å². The van der Waals surface area contributed by atoms with Gasteiger partial charge in [0, 0.05) is 57.4 Å². The van der Waals surface area contributed by atoms with Crippen LogP contribution in [-0.2, 0) is 83.0 Å². The quantitative estimate of drug-likeness (QED) is 0.0267. The van der Waals surface area contributed by atoms with Crippen LogP contribution in [0.1, 0.15) is 136 Å². The molecule has 0 spiro atoms. The van der Waals surface area contributed by atoms with E-state index in [9.17, 15) is 38.4 Å². The molecule has 108 heavy (non-hydrogen) atoms. The minimum absolute atomic E-state index is 0.215. The van der Waals surface area contributed by atoms with Gasteiger partial charge in [0.25, 0.3) is 0 Å². The van der Waals surface area contributed by atoms with Gasteiger partial charge in [0.1, 0.15) is 35.2 Å². The van der Waals surface area contributed by atoms with Gasteiger partial charge >= 0.3 is 47.8 Å². The molecule has 4 atom stereocenters. The summed E-state index contributed by atoms with van der Waals surface area (Å²) in [4.78, 5) is 93.0. The van der Waals surface area contributed by atoms with Crippen molar-refractivity contribution in [1.29, 1.82) is 0 Å². The molecule has 8 aromatic carbocycles.